The number of halogens is 1. The number of carbonyl (C=O) groups is 1. The Morgan fingerprint density at radius 3 is 2.34 bits per heavy atom. The van der Waals surface area contributed by atoms with Gasteiger partial charge >= 0.3 is 0 Å². The molecule has 0 bridgehead atoms. The van der Waals surface area contributed by atoms with E-state index in [2.05, 4.69) is 20.8 Å². The van der Waals surface area contributed by atoms with Crippen molar-refractivity contribution in [3.8, 4) is 0 Å². The highest BCUT2D eigenvalue weighted by Gasteiger charge is 2.39. The largest absolute Gasteiger partial charge is 0.308 e. The summed E-state index contributed by atoms with van der Waals surface area (Å²) in [5.74, 6) is -0.114. The van der Waals surface area contributed by atoms with Crippen molar-refractivity contribution in [3.05, 3.63) is 22.2 Å². The molecule has 4 rings (SSSR count). The third-order valence-corrected chi connectivity index (χ3v) is 9.01. The molecule has 8 heteroatoms. The average Bonchev–Trinajstić information content (AvgIpc) is 3.03. The zero-order valence-electron chi connectivity index (χ0n) is 17.2. The molecule has 3 aliphatic rings. The van der Waals surface area contributed by atoms with E-state index in [1.165, 1.54) is 39.0 Å². The van der Waals surface area contributed by atoms with Crippen molar-refractivity contribution in [2.75, 3.05) is 31.1 Å². The topological polar surface area (TPSA) is 60.9 Å². The second-order valence-corrected chi connectivity index (χ2v) is 11.4. The van der Waals surface area contributed by atoms with Gasteiger partial charge in [0, 0.05) is 49.7 Å². The Morgan fingerprint density at radius 1 is 1.07 bits per heavy atom. The van der Waals surface area contributed by atoms with Crippen molar-refractivity contribution in [3.63, 3.8) is 0 Å². The van der Waals surface area contributed by atoms with E-state index in [-0.39, 0.29) is 16.8 Å². The monoisotopic (exact) mass is 483 g/mol. The number of carbonyl (C=O) groups excluding carboxylic acids is 1. The maximum absolute atomic E-state index is 13.6. The fraction of sp³-hybridized carbons (Fsp3) is 0.667. The van der Waals surface area contributed by atoms with E-state index in [0.717, 1.165) is 23.1 Å². The number of sulfonamides is 1. The van der Waals surface area contributed by atoms with E-state index in [4.69, 9.17) is 0 Å². The van der Waals surface area contributed by atoms with Crippen molar-refractivity contribution in [1.82, 2.24) is 9.21 Å². The molecule has 2 aliphatic heterocycles. The van der Waals surface area contributed by atoms with Crippen LogP contribution in [0.4, 0.5) is 5.69 Å². The molecule has 0 N–H and O–H groups in total. The molecule has 1 aromatic carbocycles. The first-order valence-corrected chi connectivity index (χ1v) is 12.9. The fourth-order valence-electron chi connectivity index (χ4n) is 5.25. The predicted octanol–water partition coefficient (Wildman–Crippen LogP) is 3.39. The molecule has 1 saturated heterocycles. The van der Waals surface area contributed by atoms with Crippen LogP contribution < -0.4 is 4.90 Å². The predicted molar refractivity (Wildman–Crippen MR) is 118 cm³/mol. The number of benzene rings is 1. The zero-order valence-corrected chi connectivity index (χ0v) is 19.6. The van der Waals surface area contributed by atoms with Gasteiger partial charge in [-0.2, -0.15) is 4.31 Å². The molecule has 2 fully saturated rings. The van der Waals surface area contributed by atoms with E-state index in [1.54, 1.807) is 15.3 Å². The molecule has 0 radical (unpaired) electrons. The molecule has 6 nitrogen and oxygen atoms in total. The van der Waals surface area contributed by atoms with Gasteiger partial charge in [-0.05, 0) is 43.9 Å². The summed E-state index contributed by atoms with van der Waals surface area (Å²) in [6, 6.07) is 4.18. The van der Waals surface area contributed by atoms with E-state index < -0.39 is 10.0 Å². The molecular formula is C21H30BrN3O3S. The number of anilines is 1. The number of amides is 1. The van der Waals surface area contributed by atoms with Crippen LogP contribution in [0.2, 0.25) is 0 Å². The molecule has 2 heterocycles. The SMILES string of the molecule is CC(=O)N1c2c(cc(Br)cc2S(=O)(=O)N2CCN(C3CCCCC3)CC2)C[C@@H]1C. The molecule has 1 saturated carbocycles. The minimum atomic E-state index is -3.67. The molecular weight excluding hydrogens is 454 g/mol. The van der Waals surface area contributed by atoms with Crippen LogP contribution in [0.1, 0.15) is 51.5 Å². The standard InChI is InChI=1S/C21H30BrN3O3S/c1-15-12-17-13-18(22)14-20(21(17)25(15)16(2)26)29(27,28)24-10-8-23(9-11-24)19-6-4-3-5-7-19/h13-15,19H,3-12H2,1-2H3/t15-/m0/s1. The number of nitrogens with zero attached hydrogens (tertiary/aromatic N) is 3. The van der Waals surface area contributed by atoms with Crippen molar-refractivity contribution in [1.29, 1.82) is 0 Å². The van der Waals surface area contributed by atoms with E-state index >= 15 is 0 Å². The fourth-order valence-corrected chi connectivity index (χ4v) is 7.57. The van der Waals surface area contributed by atoms with Crippen LogP contribution in [0.25, 0.3) is 0 Å². The van der Waals surface area contributed by atoms with E-state index in [9.17, 15) is 13.2 Å². The van der Waals surface area contributed by atoms with Gasteiger partial charge in [-0.3, -0.25) is 9.69 Å². The molecule has 1 amide bonds. The smallest absolute Gasteiger partial charge is 0.245 e. The van der Waals surface area contributed by atoms with Gasteiger partial charge in [0.15, 0.2) is 0 Å². The molecule has 1 aliphatic carbocycles. The number of piperazine rings is 1. The maximum Gasteiger partial charge on any atom is 0.245 e. The normalized spacial score (nSPS) is 24.7. The van der Waals surface area contributed by atoms with Gasteiger partial charge in [-0.25, -0.2) is 8.42 Å². The van der Waals surface area contributed by atoms with Gasteiger partial charge in [0.25, 0.3) is 0 Å². The first-order chi connectivity index (χ1) is 13.8. The Bertz CT molecular complexity index is 891. The highest BCUT2D eigenvalue weighted by atomic mass is 79.9. The van der Waals surface area contributed by atoms with Crippen LogP contribution in [-0.2, 0) is 21.2 Å². The van der Waals surface area contributed by atoms with Crippen LogP contribution in [0, 0.1) is 0 Å². The van der Waals surface area contributed by atoms with Gasteiger partial charge in [0.2, 0.25) is 15.9 Å². The zero-order chi connectivity index (χ0) is 20.8. The molecule has 0 spiro atoms. The highest BCUT2D eigenvalue weighted by molar-refractivity contribution is 9.10. The molecule has 160 valence electrons. The molecule has 0 aromatic heterocycles. The van der Waals surface area contributed by atoms with Crippen molar-refractivity contribution in [2.45, 2.75) is 69.4 Å². The Balaban J connectivity index is 1.60. The number of hydrogen-bond acceptors (Lipinski definition) is 4. The van der Waals surface area contributed by atoms with Crippen molar-refractivity contribution >= 4 is 37.5 Å². The second kappa shape index (κ2) is 8.29. The molecule has 29 heavy (non-hydrogen) atoms. The molecule has 0 unspecified atom stereocenters. The lowest BCUT2D eigenvalue weighted by atomic mass is 9.94. The van der Waals surface area contributed by atoms with Gasteiger partial charge in [-0.15, -0.1) is 0 Å². The Labute approximate surface area is 182 Å². The molecule has 1 atom stereocenters. The minimum absolute atomic E-state index is 0.0334. The third kappa shape index (κ3) is 4.01. The minimum Gasteiger partial charge on any atom is -0.308 e. The average molecular weight is 484 g/mol. The quantitative estimate of drug-likeness (QED) is 0.660. The van der Waals surface area contributed by atoms with E-state index in [1.807, 2.05) is 13.0 Å². The summed E-state index contributed by atoms with van der Waals surface area (Å²) >= 11 is 3.48. The van der Waals surface area contributed by atoms with Gasteiger partial charge < -0.3 is 4.90 Å². The van der Waals surface area contributed by atoms with Gasteiger partial charge in [-0.1, -0.05) is 35.2 Å². The Morgan fingerprint density at radius 2 is 1.72 bits per heavy atom. The molecule has 1 aromatic rings. The number of hydrogen-bond donors (Lipinski definition) is 0. The number of fused-ring (bicyclic) bond motifs is 1. The summed E-state index contributed by atoms with van der Waals surface area (Å²) in [6.45, 7) is 6.06. The first-order valence-electron chi connectivity index (χ1n) is 10.7. The summed E-state index contributed by atoms with van der Waals surface area (Å²) in [5.41, 5.74) is 1.49. The highest BCUT2D eigenvalue weighted by Crippen LogP contribution is 2.41. The van der Waals surface area contributed by atoms with Crippen LogP contribution in [0.5, 0.6) is 0 Å². The first kappa shape index (κ1) is 21.3. The van der Waals surface area contributed by atoms with Crippen molar-refractivity contribution in [2.24, 2.45) is 0 Å². The lowest BCUT2D eigenvalue weighted by Gasteiger charge is -2.40. The Hall–Kier alpha value is -0.960. The summed E-state index contributed by atoms with van der Waals surface area (Å²) in [4.78, 5) is 16.7. The van der Waals surface area contributed by atoms with Crippen LogP contribution in [0.3, 0.4) is 0 Å². The van der Waals surface area contributed by atoms with Gasteiger partial charge in [0.05, 0.1) is 5.69 Å². The van der Waals surface area contributed by atoms with Crippen LogP contribution in [0.15, 0.2) is 21.5 Å². The van der Waals surface area contributed by atoms with Crippen molar-refractivity contribution < 1.29 is 13.2 Å². The van der Waals surface area contributed by atoms with E-state index in [0.29, 0.717) is 31.2 Å². The maximum atomic E-state index is 13.6. The van der Waals surface area contributed by atoms with Crippen LogP contribution >= 0.6 is 15.9 Å². The summed E-state index contributed by atoms with van der Waals surface area (Å²) in [5, 5.41) is 0. The van der Waals surface area contributed by atoms with Gasteiger partial charge in [0.1, 0.15) is 4.90 Å². The Kier molecular flexibility index (Phi) is 6.08. The summed E-state index contributed by atoms with van der Waals surface area (Å²) in [7, 11) is -3.67. The number of rotatable bonds is 3. The second-order valence-electron chi connectivity index (χ2n) is 8.59. The lowest BCUT2D eigenvalue weighted by Crippen LogP contribution is -2.52. The lowest BCUT2D eigenvalue weighted by molar-refractivity contribution is -0.116. The van der Waals surface area contributed by atoms with Crippen LogP contribution in [-0.4, -0.2) is 61.8 Å². The summed E-state index contributed by atoms with van der Waals surface area (Å²) in [6.07, 6.45) is 7.03. The summed E-state index contributed by atoms with van der Waals surface area (Å²) < 4.78 is 29.6. The third-order valence-electron chi connectivity index (χ3n) is 6.64.